The first kappa shape index (κ1) is 18.6. The van der Waals surface area contributed by atoms with Crippen molar-refractivity contribution in [1.82, 2.24) is 0 Å². The van der Waals surface area contributed by atoms with E-state index in [1.54, 1.807) is 0 Å². The number of ether oxygens (including phenoxy) is 2. The van der Waals surface area contributed by atoms with E-state index >= 15 is 0 Å². The zero-order valence-corrected chi connectivity index (χ0v) is 12.3. The summed E-state index contributed by atoms with van der Waals surface area (Å²) in [6.45, 7) is -0.237. The molecular formula is C12H22O8S. The minimum Gasteiger partial charge on any atom is -0.481 e. The minimum atomic E-state index is -1.44. The molecule has 0 radical (unpaired) electrons. The van der Waals surface area contributed by atoms with Crippen molar-refractivity contribution in [3.8, 4) is 0 Å². The second kappa shape index (κ2) is 9.57. The second-order valence-electron chi connectivity index (χ2n) is 4.68. The van der Waals surface area contributed by atoms with Gasteiger partial charge in [0.1, 0.15) is 24.4 Å². The number of hydrogen-bond donors (Lipinski definition) is 5. The molecular weight excluding hydrogens is 304 g/mol. The first-order chi connectivity index (χ1) is 9.97. The molecule has 1 aliphatic rings. The molecule has 1 aliphatic heterocycles. The Morgan fingerprint density at radius 2 is 1.86 bits per heavy atom. The molecule has 0 aliphatic carbocycles. The molecule has 0 amide bonds. The standard InChI is InChI=1S/C12H22O8S/c13-6-7-9(16)10(17)11(18)12(20-7)19-3-1-4-21-5-2-8(14)15/h7,9-13,16-18H,1-6H2,(H,14,15)/t7?,9-,10-,11?,12-/m0/s1. The number of carboxylic acid groups (broad SMARTS) is 1. The van der Waals surface area contributed by atoms with Crippen LogP contribution in [0.2, 0.25) is 0 Å². The van der Waals surface area contributed by atoms with Gasteiger partial charge in [-0.05, 0) is 12.2 Å². The Morgan fingerprint density at radius 3 is 2.48 bits per heavy atom. The van der Waals surface area contributed by atoms with Crippen LogP contribution in [0.1, 0.15) is 12.8 Å². The molecule has 1 saturated heterocycles. The van der Waals surface area contributed by atoms with E-state index in [-0.39, 0.29) is 13.0 Å². The smallest absolute Gasteiger partial charge is 0.304 e. The molecule has 1 rings (SSSR count). The molecule has 21 heavy (non-hydrogen) atoms. The molecule has 0 bridgehead atoms. The van der Waals surface area contributed by atoms with Gasteiger partial charge in [0, 0.05) is 5.75 Å². The van der Waals surface area contributed by atoms with Crippen molar-refractivity contribution >= 4 is 17.7 Å². The Hall–Kier alpha value is -0.420. The molecule has 124 valence electrons. The van der Waals surface area contributed by atoms with Crippen molar-refractivity contribution in [2.45, 2.75) is 43.5 Å². The highest BCUT2D eigenvalue weighted by Gasteiger charge is 2.43. The Bertz CT molecular complexity index is 314. The van der Waals surface area contributed by atoms with Gasteiger partial charge >= 0.3 is 5.97 Å². The lowest BCUT2D eigenvalue weighted by Crippen LogP contribution is -2.59. The third-order valence-corrected chi connectivity index (χ3v) is 4.09. The zero-order chi connectivity index (χ0) is 15.8. The van der Waals surface area contributed by atoms with Gasteiger partial charge in [-0.25, -0.2) is 0 Å². The molecule has 0 saturated carbocycles. The third-order valence-electron chi connectivity index (χ3n) is 3.02. The summed E-state index contributed by atoms with van der Waals surface area (Å²) in [5.74, 6) is 0.389. The fraction of sp³-hybridized carbons (Fsp3) is 0.917. The van der Waals surface area contributed by atoms with E-state index in [1.807, 2.05) is 0 Å². The fourth-order valence-electron chi connectivity index (χ4n) is 1.83. The molecule has 8 nitrogen and oxygen atoms in total. The lowest BCUT2D eigenvalue weighted by Gasteiger charge is -2.39. The van der Waals surface area contributed by atoms with Crippen molar-refractivity contribution in [3.63, 3.8) is 0 Å². The van der Waals surface area contributed by atoms with Crippen molar-refractivity contribution in [1.29, 1.82) is 0 Å². The summed E-state index contributed by atoms with van der Waals surface area (Å²) in [7, 11) is 0. The number of rotatable bonds is 9. The maximum absolute atomic E-state index is 10.3. The normalized spacial score (nSPS) is 33.0. The van der Waals surface area contributed by atoms with Crippen LogP contribution in [-0.4, -0.2) is 86.9 Å². The van der Waals surface area contributed by atoms with E-state index in [0.717, 1.165) is 0 Å². The van der Waals surface area contributed by atoms with E-state index in [0.29, 0.717) is 17.9 Å². The van der Waals surface area contributed by atoms with Crippen molar-refractivity contribution in [3.05, 3.63) is 0 Å². The van der Waals surface area contributed by atoms with Gasteiger partial charge in [0.05, 0.1) is 19.6 Å². The lowest BCUT2D eigenvalue weighted by atomic mass is 9.99. The average Bonchev–Trinajstić information content (AvgIpc) is 2.45. The molecule has 0 aromatic heterocycles. The van der Waals surface area contributed by atoms with Crippen LogP contribution in [0.5, 0.6) is 0 Å². The fourth-order valence-corrected chi connectivity index (χ4v) is 2.67. The number of hydrogen-bond acceptors (Lipinski definition) is 8. The Labute approximate surface area is 126 Å². The molecule has 1 fully saturated rings. The van der Waals surface area contributed by atoms with Crippen molar-refractivity contribution < 1.29 is 39.8 Å². The van der Waals surface area contributed by atoms with Gasteiger partial charge in [-0.3, -0.25) is 4.79 Å². The lowest BCUT2D eigenvalue weighted by molar-refractivity contribution is -0.300. The topological polar surface area (TPSA) is 137 Å². The van der Waals surface area contributed by atoms with Gasteiger partial charge in [0.15, 0.2) is 6.29 Å². The summed E-state index contributed by atoms with van der Waals surface area (Å²) in [6.07, 6.45) is -5.56. The first-order valence-corrected chi connectivity index (χ1v) is 7.84. The molecule has 0 spiro atoms. The first-order valence-electron chi connectivity index (χ1n) is 6.69. The van der Waals surface area contributed by atoms with E-state index in [4.69, 9.17) is 19.7 Å². The maximum atomic E-state index is 10.3. The third kappa shape index (κ3) is 6.07. The summed E-state index contributed by atoms with van der Waals surface area (Å²) in [5.41, 5.74) is 0. The number of aliphatic hydroxyl groups excluding tert-OH is 4. The summed E-state index contributed by atoms with van der Waals surface area (Å²) in [4.78, 5) is 10.3. The van der Waals surface area contributed by atoms with Crippen LogP contribution in [0.4, 0.5) is 0 Å². The molecule has 0 aromatic rings. The highest BCUT2D eigenvalue weighted by atomic mass is 32.2. The molecule has 0 aromatic carbocycles. The Morgan fingerprint density at radius 1 is 1.14 bits per heavy atom. The minimum absolute atomic E-state index is 0.109. The Balaban J connectivity index is 2.20. The highest BCUT2D eigenvalue weighted by molar-refractivity contribution is 7.99. The van der Waals surface area contributed by atoms with Gasteiger partial charge < -0.3 is 35.0 Å². The second-order valence-corrected chi connectivity index (χ2v) is 5.90. The number of carbonyl (C=O) groups is 1. The van der Waals surface area contributed by atoms with Crippen LogP contribution in [-0.2, 0) is 14.3 Å². The monoisotopic (exact) mass is 326 g/mol. The predicted octanol–water partition coefficient (Wildman–Crippen LogP) is -1.60. The SMILES string of the molecule is O=C(O)CCSCCCO[C@H]1OC(CO)[C@H](O)[C@H](O)C1O. The van der Waals surface area contributed by atoms with Gasteiger partial charge in [-0.1, -0.05) is 0 Å². The van der Waals surface area contributed by atoms with Crippen molar-refractivity contribution in [2.75, 3.05) is 24.7 Å². The number of carboxylic acids is 1. The van der Waals surface area contributed by atoms with Gasteiger partial charge in [0.2, 0.25) is 0 Å². The van der Waals surface area contributed by atoms with Crippen LogP contribution < -0.4 is 0 Å². The van der Waals surface area contributed by atoms with E-state index in [1.165, 1.54) is 11.8 Å². The average molecular weight is 326 g/mol. The summed E-state index contributed by atoms with van der Waals surface area (Å²) < 4.78 is 10.5. The van der Waals surface area contributed by atoms with Gasteiger partial charge in [0.25, 0.3) is 0 Å². The van der Waals surface area contributed by atoms with Crippen LogP contribution >= 0.6 is 11.8 Å². The number of aliphatic hydroxyl groups is 4. The van der Waals surface area contributed by atoms with Crippen molar-refractivity contribution in [2.24, 2.45) is 0 Å². The quantitative estimate of drug-likeness (QED) is 0.317. The highest BCUT2D eigenvalue weighted by Crippen LogP contribution is 2.22. The molecule has 2 unspecified atom stereocenters. The molecule has 9 heteroatoms. The van der Waals surface area contributed by atoms with Gasteiger partial charge in [-0.15, -0.1) is 0 Å². The summed E-state index contributed by atoms with van der Waals surface area (Å²) in [5, 5.41) is 46.3. The predicted molar refractivity (Wildman–Crippen MR) is 73.9 cm³/mol. The largest absolute Gasteiger partial charge is 0.481 e. The van der Waals surface area contributed by atoms with Crippen LogP contribution in [0.3, 0.4) is 0 Å². The van der Waals surface area contributed by atoms with Crippen LogP contribution in [0.15, 0.2) is 0 Å². The van der Waals surface area contributed by atoms with Crippen LogP contribution in [0.25, 0.3) is 0 Å². The molecule has 5 N–H and O–H groups in total. The summed E-state index contributed by atoms with van der Waals surface area (Å²) in [6, 6.07) is 0. The maximum Gasteiger partial charge on any atom is 0.304 e. The van der Waals surface area contributed by atoms with Crippen LogP contribution in [0, 0.1) is 0 Å². The Kier molecular flexibility index (Phi) is 8.49. The summed E-state index contributed by atoms with van der Waals surface area (Å²) >= 11 is 1.48. The van der Waals surface area contributed by atoms with Gasteiger partial charge in [-0.2, -0.15) is 11.8 Å². The van der Waals surface area contributed by atoms with E-state index < -0.39 is 43.3 Å². The molecule has 1 heterocycles. The number of thioether (sulfide) groups is 1. The molecule has 5 atom stereocenters. The van der Waals surface area contributed by atoms with E-state index in [2.05, 4.69) is 0 Å². The zero-order valence-electron chi connectivity index (χ0n) is 11.5. The van der Waals surface area contributed by atoms with E-state index in [9.17, 15) is 20.1 Å². The number of aliphatic carboxylic acids is 1.